The second-order valence-electron chi connectivity index (χ2n) is 2.13. The van der Waals surface area contributed by atoms with Gasteiger partial charge in [0.1, 0.15) is 0 Å². The van der Waals surface area contributed by atoms with Crippen LogP contribution in [0.5, 0.6) is 0 Å². The van der Waals surface area contributed by atoms with Crippen LogP contribution in [-0.4, -0.2) is 16.7 Å². The predicted octanol–water partition coefficient (Wildman–Crippen LogP) is 0.269. The molecule has 1 aromatic heterocycles. The van der Waals surface area contributed by atoms with Gasteiger partial charge in [-0.25, -0.2) is 0 Å². The number of nitrogens with two attached hydrogens (primary N) is 1. The molecule has 2 N–H and O–H groups in total. The molecule has 0 saturated heterocycles. The number of rotatable bonds is 3. The second kappa shape index (κ2) is 3.31. The average molecular weight is 141 g/mol. The van der Waals surface area contributed by atoms with E-state index in [9.17, 15) is 0 Å². The Labute approximate surface area is 59.4 Å². The summed E-state index contributed by atoms with van der Waals surface area (Å²) in [6.45, 7) is 2.47. The van der Waals surface area contributed by atoms with Gasteiger partial charge in [-0.1, -0.05) is 5.16 Å². The van der Waals surface area contributed by atoms with E-state index in [1.807, 2.05) is 0 Å². The van der Waals surface area contributed by atoms with E-state index >= 15 is 0 Å². The van der Waals surface area contributed by atoms with Crippen LogP contribution in [0.4, 0.5) is 0 Å². The molecule has 0 aliphatic rings. The maximum absolute atomic E-state index is 5.29. The van der Waals surface area contributed by atoms with E-state index in [2.05, 4.69) is 10.1 Å². The highest BCUT2D eigenvalue weighted by atomic mass is 16.5. The standard InChI is InChI=1S/C6H11N3O/c1-5-8-6(10-9-5)3-2-4-7/h2-4,7H2,1H3. The fourth-order valence-corrected chi connectivity index (χ4v) is 0.695. The van der Waals surface area contributed by atoms with Crippen LogP contribution in [0.2, 0.25) is 0 Å². The van der Waals surface area contributed by atoms with Crippen molar-refractivity contribution in [3.8, 4) is 0 Å². The van der Waals surface area contributed by atoms with Crippen molar-refractivity contribution in [3.05, 3.63) is 11.7 Å². The van der Waals surface area contributed by atoms with Crippen molar-refractivity contribution in [2.75, 3.05) is 6.54 Å². The highest BCUT2D eigenvalue weighted by molar-refractivity contribution is 4.82. The summed E-state index contributed by atoms with van der Waals surface area (Å²) < 4.78 is 4.85. The Hall–Kier alpha value is -0.900. The molecule has 1 aromatic rings. The maximum Gasteiger partial charge on any atom is 0.226 e. The molecule has 0 aliphatic heterocycles. The van der Waals surface area contributed by atoms with Crippen molar-refractivity contribution in [2.24, 2.45) is 5.73 Å². The SMILES string of the molecule is Cc1noc(CCCN)n1. The molecule has 0 saturated carbocycles. The molecule has 0 atom stereocenters. The first-order valence-corrected chi connectivity index (χ1v) is 3.32. The summed E-state index contributed by atoms with van der Waals surface area (Å²) in [6.07, 6.45) is 1.69. The van der Waals surface area contributed by atoms with Gasteiger partial charge in [-0.2, -0.15) is 4.98 Å². The van der Waals surface area contributed by atoms with Gasteiger partial charge in [-0.05, 0) is 19.9 Å². The summed E-state index contributed by atoms with van der Waals surface area (Å²) in [4.78, 5) is 4.01. The van der Waals surface area contributed by atoms with Gasteiger partial charge in [-0.15, -0.1) is 0 Å². The molecule has 0 unspecified atom stereocenters. The molecule has 0 aromatic carbocycles. The second-order valence-corrected chi connectivity index (χ2v) is 2.13. The van der Waals surface area contributed by atoms with Gasteiger partial charge < -0.3 is 10.3 Å². The Morgan fingerprint density at radius 1 is 1.60 bits per heavy atom. The molecular formula is C6H11N3O. The lowest BCUT2D eigenvalue weighted by molar-refractivity contribution is 0.372. The minimum Gasteiger partial charge on any atom is -0.339 e. The predicted molar refractivity (Wildman–Crippen MR) is 36.4 cm³/mol. The lowest BCUT2D eigenvalue weighted by Crippen LogP contribution is -2.00. The summed E-state index contributed by atoms with van der Waals surface area (Å²) in [6, 6.07) is 0. The number of aryl methyl sites for hydroxylation is 2. The van der Waals surface area contributed by atoms with E-state index in [0.29, 0.717) is 18.3 Å². The smallest absolute Gasteiger partial charge is 0.226 e. The molecule has 0 radical (unpaired) electrons. The van der Waals surface area contributed by atoms with Crippen molar-refractivity contribution in [1.82, 2.24) is 10.1 Å². The normalized spacial score (nSPS) is 10.2. The molecule has 0 amide bonds. The van der Waals surface area contributed by atoms with Crippen molar-refractivity contribution in [1.29, 1.82) is 0 Å². The minimum atomic E-state index is 0.668. The molecule has 0 aliphatic carbocycles. The molecule has 10 heavy (non-hydrogen) atoms. The number of aromatic nitrogens is 2. The van der Waals surface area contributed by atoms with E-state index < -0.39 is 0 Å². The zero-order valence-corrected chi connectivity index (χ0v) is 6.00. The van der Waals surface area contributed by atoms with Gasteiger partial charge >= 0.3 is 0 Å². The summed E-state index contributed by atoms with van der Waals surface area (Å²) in [5, 5.41) is 3.64. The molecule has 4 heteroatoms. The number of nitrogens with zero attached hydrogens (tertiary/aromatic N) is 2. The zero-order valence-electron chi connectivity index (χ0n) is 6.00. The van der Waals surface area contributed by atoms with Crippen molar-refractivity contribution in [2.45, 2.75) is 19.8 Å². The number of hydrogen-bond donors (Lipinski definition) is 1. The summed E-state index contributed by atoms with van der Waals surface area (Å²) >= 11 is 0. The van der Waals surface area contributed by atoms with Crippen molar-refractivity contribution >= 4 is 0 Å². The molecule has 0 bridgehead atoms. The van der Waals surface area contributed by atoms with Crippen molar-refractivity contribution < 1.29 is 4.52 Å². The summed E-state index contributed by atoms with van der Waals surface area (Å²) in [7, 11) is 0. The highest BCUT2D eigenvalue weighted by Crippen LogP contribution is 1.97. The van der Waals surface area contributed by atoms with Gasteiger partial charge in [0.15, 0.2) is 5.82 Å². The summed E-state index contributed by atoms with van der Waals surface area (Å²) in [5.74, 6) is 1.37. The Bertz CT molecular complexity index is 197. The average Bonchev–Trinajstić information content (AvgIpc) is 2.31. The van der Waals surface area contributed by atoms with Crippen LogP contribution in [0.25, 0.3) is 0 Å². The molecule has 1 heterocycles. The van der Waals surface area contributed by atoms with Gasteiger partial charge in [0, 0.05) is 6.42 Å². The molecule has 4 nitrogen and oxygen atoms in total. The first kappa shape index (κ1) is 7.21. The van der Waals surface area contributed by atoms with Crippen LogP contribution in [0, 0.1) is 6.92 Å². The van der Waals surface area contributed by atoms with E-state index in [-0.39, 0.29) is 0 Å². The fraction of sp³-hybridized carbons (Fsp3) is 0.667. The van der Waals surface area contributed by atoms with Gasteiger partial charge in [0.2, 0.25) is 5.89 Å². The molecule has 56 valence electrons. The third kappa shape index (κ3) is 1.80. The lowest BCUT2D eigenvalue weighted by Gasteiger charge is -1.87. The third-order valence-electron chi connectivity index (χ3n) is 1.16. The minimum absolute atomic E-state index is 0.668. The van der Waals surface area contributed by atoms with Crippen LogP contribution < -0.4 is 5.73 Å². The molecular weight excluding hydrogens is 130 g/mol. The highest BCUT2D eigenvalue weighted by Gasteiger charge is 1.99. The van der Waals surface area contributed by atoms with Crippen molar-refractivity contribution in [3.63, 3.8) is 0 Å². The monoisotopic (exact) mass is 141 g/mol. The Balaban J connectivity index is 2.42. The lowest BCUT2D eigenvalue weighted by atomic mass is 10.3. The van der Waals surface area contributed by atoms with E-state index in [4.69, 9.17) is 10.3 Å². The van der Waals surface area contributed by atoms with Crippen LogP contribution >= 0.6 is 0 Å². The Morgan fingerprint density at radius 3 is 2.90 bits per heavy atom. The van der Waals surface area contributed by atoms with Gasteiger partial charge in [-0.3, -0.25) is 0 Å². The maximum atomic E-state index is 5.29. The quantitative estimate of drug-likeness (QED) is 0.656. The topological polar surface area (TPSA) is 64.9 Å². The van der Waals surface area contributed by atoms with Crippen LogP contribution in [0.1, 0.15) is 18.1 Å². The molecule has 0 fully saturated rings. The zero-order chi connectivity index (χ0) is 7.40. The Morgan fingerprint density at radius 2 is 2.40 bits per heavy atom. The van der Waals surface area contributed by atoms with E-state index in [0.717, 1.165) is 12.8 Å². The molecule has 0 spiro atoms. The van der Waals surface area contributed by atoms with Gasteiger partial charge in [0.25, 0.3) is 0 Å². The first-order chi connectivity index (χ1) is 4.83. The number of hydrogen-bond acceptors (Lipinski definition) is 4. The van der Waals surface area contributed by atoms with E-state index in [1.165, 1.54) is 0 Å². The van der Waals surface area contributed by atoms with Crippen LogP contribution in [0.3, 0.4) is 0 Å². The van der Waals surface area contributed by atoms with Crippen LogP contribution in [0.15, 0.2) is 4.52 Å². The Kier molecular flexibility index (Phi) is 2.39. The largest absolute Gasteiger partial charge is 0.339 e. The molecule has 1 rings (SSSR count). The van der Waals surface area contributed by atoms with E-state index in [1.54, 1.807) is 6.92 Å². The first-order valence-electron chi connectivity index (χ1n) is 3.32. The summed E-state index contributed by atoms with van der Waals surface area (Å²) in [5.41, 5.74) is 5.29. The van der Waals surface area contributed by atoms with Crippen LogP contribution in [-0.2, 0) is 6.42 Å². The third-order valence-corrected chi connectivity index (χ3v) is 1.16. The van der Waals surface area contributed by atoms with Gasteiger partial charge in [0.05, 0.1) is 0 Å². The fourth-order valence-electron chi connectivity index (χ4n) is 0.695.